The molecule has 2 heterocycles. The molecular weight excluding hydrogens is 335 g/mol. The Labute approximate surface area is 140 Å². The number of nitrogens with one attached hydrogen (secondary N) is 1. The number of aromatic nitrogens is 2. The number of H-pyrrole nitrogens is 1. The number of hydrogen-bond acceptors (Lipinski definition) is 5. The standard InChI is InChI=1S/C15H25FN2O5Si/c1-15(2,3)24(4,5)23-10-6-12(22-11(10)8-19)18-7-9(16)13(20)17-14(18)21/h7,10-12,19H,6,8H2,1-5H3,(H,17,20,21)/t10?,11-,12-/m1/s1. The van der Waals surface area contributed by atoms with Crippen LogP contribution in [0.25, 0.3) is 0 Å². The van der Waals surface area contributed by atoms with Gasteiger partial charge in [-0.1, -0.05) is 20.8 Å². The van der Waals surface area contributed by atoms with Gasteiger partial charge in [-0.3, -0.25) is 14.3 Å². The predicted octanol–water partition coefficient (Wildman–Crippen LogP) is 1.35. The van der Waals surface area contributed by atoms with Crippen LogP contribution in [0, 0.1) is 5.82 Å². The second-order valence-electron chi connectivity index (χ2n) is 7.61. The molecule has 2 rings (SSSR count). The first-order valence-electron chi connectivity index (χ1n) is 7.91. The van der Waals surface area contributed by atoms with E-state index in [1.54, 1.807) is 0 Å². The molecule has 1 aliphatic rings. The van der Waals surface area contributed by atoms with Gasteiger partial charge in [0.05, 0.1) is 18.9 Å². The van der Waals surface area contributed by atoms with Crippen molar-refractivity contribution in [2.75, 3.05) is 6.61 Å². The molecule has 0 radical (unpaired) electrons. The third kappa shape index (κ3) is 3.69. The van der Waals surface area contributed by atoms with Gasteiger partial charge in [0.15, 0.2) is 8.32 Å². The molecule has 1 saturated heterocycles. The molecule has 136 valence electrons. The largest absolute Gasteiger partial charge is 0.411 e. The highest BCUT2D eigenvalue weighted by molar-refractivity contribution is 6.74. The van der Waals surface area contributed by atoms with E-state index in [-0.39, 0.29) is 11.6 Å². The monoisotopic (exact) mass is 360 g/mol. The van der Waals surface area contributed by atoms with Gasteiger partial charge in [0.25, 0.3) is 5.56 Å². The zero-order valence-electron chi connectivity index (χ0n) is 14.6. The maximum absolute atomic E-state index is 13.5. The van der Waals surface area contributed by atoms with Crippen molar-refractivity contribution in [3.63, 3.8) is 0 Å². The molecule has 0 bridgehead atoms. The van der Waals surface area contributed by atoms with Gasteiger partial charge in [-0.05, 0) is 18.1 Å². The van der Waals surface area contributed by atoms with Gasteiger partial charge in [-0.15, -0.1) is 0 Å². The SMILES string of the molecule is CC(C)(C)[Si](C)(C)OC1C[C@H](n2cc(F)c(=O)[nH]c2=O)O[C@@H]1CO. The van der Waals surface area contributed by atoms with Crippen LogP contribution in [-0.2, 0) is 9.16 Å². The van der Waals surface area contributed by atoms with Gasteiger partial charge in [0.1, 0.15) is 12.3 Å². The number of hydrogen-bond donors (Lipinski definition) is 2. The maximum atomic E-state index is 13.5. The Kier molecular flexibility index (Phi) is 5.19. The van der Waals surface area contributed by atoms with Crippen molar-refractivity contribution >= 4 is 8.32 Å². The smallest absolute Gasteiger partial charge is 0.330 e. The number of nitrogens with zero attached hydrogens (tertiary/aromatic N) is 1. The van der Waals surface area contributed by atoms with Gasteiger partial charge in [0.2, 0.25) is 5.82 Å². The lowest BCUT2D eigenvalue weighted by Gasteiger charge is -2.39. The summed E-state index contributed by atoms with van der Waals surface area (Å²) in [6, 6.07) is 0. The van der Waals surface area contributed by atoms with Crippen LogP contribution >= 0.6 is 0 Å². The number of aliphatic hydroxyl groups is 1. The topological polar surface area (TPSA) is 93.6 Å². The zero-order valence-corrected chi connectivity index (χ0v) is 15.6. The van der Waals surface area contributed by atoms with E-state index in [4.69, 9.17) is 9.16 Å². The van der Waals surface area contributed by atoms with E-state index in [1.807, 2.05) is 4.98 Å². The summed E-state index contributed by atoms with van der Waals surface area (Å²) in [7, 11) is -2.10. The Morgan fingerprint density at radius 3 is 2.62 bits per heavy atom. The van der Waals surface area contributed by atoms with Crippen LogP contribution in [0.2, 0.25) is 18.1 Å². The second kappa shape index (κ2) is 6.55. The van der Waals surface area contributed by atoms with Crippen LogP contribution in [0.1, 0.15) is 33.4 Å². The van der Waals surface area contributed by atoms with E-state index in [0.717, 1.165) is 10.8 Å². The summed E-state index contributed by atoms with van der Waals surface area (Å²) in [5.74, 6) is -1.06. The Bertz CT molecular complexity index is 709. The van der Waals surface area contributed by atoms with E-state index in [0.29, 0.717) is 6.42 Å². The molecule has 0 aliphatic carbocycles. The molecule has 9 heteroatoms. The molecule has 24 heavy (non-hydrogen) atoms. The van der Waals surface area contributed by atoms with Crippen molar-refractivity contribution < 1.29 is 18.7 Å². The van der Waals surface area contributed by atoms with Crippen LogP contribution in [-0.4, -0.2) is 41.8 Å². The van der Waals surface area contributed by atoms with Crippen LogP contribution in [0.15, 0.2) is 15.8 Å². The molecule has 1 unspecified atom stereocenters. The molecule has 0 spiro atoms. The number of aliphatic hydroxyl groups excluding tert-OH is 1. The van der Waals surface area contributed by atoms with Crippen molar-refractivity contribution in [3.05, 3.63) is 32.9 Å². The van der Waals surface area contributed by atoms with Crippen LogP contribution in [0.3, 0.4) is 0 Å². The molecule has 0 amide bonds. The van der Waals surface area contributed by atoms with Crippen molar-refractivity contribution in [1.82, 2.24) is 9.55 Å². The van der Waals surface area contributed by atoms with Gasteiger partial charge >= 0.3 is 5.69 Å². The molecule has 1 fully saturated rings. The number of ether oxygens (including phenoxy) is 1. The van der Waals surface area contributed by atoms with Crippen molar-refractivity contribution in [3.8, 4) is 0 Å². The highest BCUT2D eigenvalue weighted by Gasteiger charge is 2.45. The van der Waals surface area contributed by atoms with E-state index in [9.17, 15) is 19.1 Å². The first-order chi connectivity index (χ1) is 11.0. The third-order valence-electron chi connectivity index (χ3n) is 4.85. The minimum absolute atomic E-state index is 0.0218. The van der Waals surface area contributed by atoms with Gasteiger partial charge < -0.3 is 14.3 Å². The number of rotatable bonds is 4. The third-order valence-corrected chi connectivity index (χ3v) is 9.35. The van der Waals surface area contributed by atoms with E-state index >= 15 is 0 Å². The minimum Gasteiger partial charge on any atom is -0.411 e. The first-order valence-corrected chi connectivity index (χ1v) is 10.8. The number of aromatic amines is 1. The van der Waals surface area contributed by atoms with Gasteiger partial charge in [0, 0.05) is 6.42 Å². The summed E-state index contributed by atoms with van der Waals surface area (Å²) in [5, 5.41) is 9.54. The Hall–Kier alpha value is -1.29. The summed E-state index contributed by atoms with van der Waals surface area (Å²) in [5.41, 5.74) is -1.82. The summed E-state index contributed by atoms with van der Waals surface area (Å²) < 4.78 is 26.4. The number of halogens is 1. The summed E-state index contributed by atoms with van der Waals surface area (Å²) in [4.78, 5) is 24.9. The Morgan fingerprint density at radius 1 is 1.46 bits per heavy atom. The maximum Gasteiger partial charge on any atom is 0.330 e. The summed E-state index contributed by atoms with van der Waals surface area (Å²) in [6.07, 6.45) is -0.678. The lowest BCUT2D eigenvalue weighted by atomic mass is 10.2. The second-order valence-corrected chi connectivity index (χ2v) is 12.4. The normalized spacial score (nSPS) is 25.2. The highest BCUT2D eigenvalue weighted by Crippen LogP contribution is 2.40. The van der Waals surface area contributed by atoms with Crippen LogP contribution < -0.4 is 11.2 Å². The molecule has 0 saturated carbocycles. The first kappa shape index (κ1) is 19.0. The van der Waals surface area contributed by atoms with Crippen molar-refractivity contribution in [2.24, 2.45) is 0 Å². The molecule has 1 aliphatic heterocycles. The predicted molar refractivity (Wildman–Crippen MR) is 89.0 cm³/mol. The quantitative estimate of drug-likeness (QED) is 0.791. The summed E-state index contributed by atoms with van der Waals surface area (Å²) >= 11 is 0. The molecule has 2 N–H and O–H groups in total. The van der Waals surface area contributed by atoms with Crippen molar-refractivity contribution in [2.45, 2.75) is 63.8 Å². The van der Waals surface area contributed by atoms with Crippen LogP contribution in [0.5, 0.6) is 0 Å². The molecule has 0 aromatic carbocycles. The minimum atomic E-state index is -2.10. The van der Waals surface area contributed by atoms with Gasteiger partial charge in [-0.2, -0.15) is 4.39 Å². The summed E-state index contributed by atoms with van der Waals surface area (Å²) in [6.45, 7) is 10.2. The van der Waals surface area contributed by atoms with E-state index in [2.05, 4.69) is 33.9 Å². The lowest BCUT2D eigenvalue weighted by molar-refractivity contribution is -0.0441. The molecule has 1 aromatic rings. The van der Waals surface area contributed by atoms with E-state index in [1.165, 1.54) is 0 Å². The van der Waals surface area contributed by atoms with E-state index < -0.39 is 43.8 Å². The average Bonchev–Trinajstić information content (AvgIpc) is 2.83. The molecule has 1 aromatic heterocycles. The molecular formula is C15H25FN2O5Si. The average molecular weight is 360 g/mol. The fourth-order valence-electron chi connectivity index (χ4n) is 2.39. The van der Waals surface area contributed by atoms with Gasteiger partial charge in [-0.25, -0.2) is 4.79 Å². The zero-order chi connectivity index (χ0) is 18.3. The van der Waals surface area contributed by atoms with Crippen molar-refractivity contribution in [1.29, 1.82) is 0 Å². The molecule has 3 atom stereocenters. The Morgan fingerprint density at radius 2 is 2.08 bits per heavy atom. The Balaban J connectivity index is 2.25. The van der Waals surface area contributed by atoms with Crippen LogP contribution in [0.4, 0.5) is 4.39 Å². The highest BCUT2D eigenvalue weighted by atomic mass is 28.4. The fraction of sp³-hybridized carbons (Fsp3) is 0.733. The molecule has 7 nitrogen and oxygen atoms in total. The fourth-order valence-corrected chi connectivity index (χ4v) is 3.75. The lowest BCUT2D eigenvalue weighted by Crippen LogP contribution is -2.46.